The normalized spacial score (nSPS) is 42.6. The number of thiazole rings is 1. The Labute approximate surface area is 344 Å². The largest absolute Gasteiger partial charge is 0.462 e. The number of Topliss-reactive ketones (excluding diaryl/α,β-unsaturated/α-hetero) is 1. The van der Waals surface area contributed by atoms with Crippen molar-refractivity contribution in [1.29, 1.82) is 0 Å². The summed E-state index contributed by atoms with van der Waals surface area (Å²) in [4.78, 5) is 37.7. The van der Waals surface area contributed by atoms with Crippen LogP contribution in [0.2, 0.25) is 0 Å². The Balaban J connectivity index is 1.19. The van der Waals surface area contributed by atoms with Crippen LogP contribution < -0.4 is 0 Å². The maximum Gasteiger partial charge on any atom is 0.306 e. The number of ether oxygens (including phenoxy) is 8. The molecule has 7 rings (SSSR count). The lowest BCUT2D eigenvalue weighted by molar-refractivity contribution is -0.314. The fraction of sp³-hybridized carbons (Fsp3) is 0.841. The molecule has 4 heterocycles. The van der Waals surface area contributed by atoms with E-state index in [0.717, 1.165) is 67.6 Å². The first-order chi connectivity index (χ1) is 27.4. The van der Waals surface area contributed by atoms with E-state index in [0.29, 0.717) is 12.5 Å². The number of nitrogens with zero attached hydrogens (tertiary/aromatic N) is 2. The number of rotatable bonds is 10. The van der Waals surface area contributed by atoms with Gasteiger partial charge in [-0.1, -0.05) is 26.8 Å². The van der Waals surface area contributed by atoms with Gasteiger partial charge in [0.05, 0.1) is 41.5 Å². The standard InChI is InChI=1S/C44H68N2O10S/c1-11-25-14-13-15-33(56-36-17-16-32(46(6)7)23(4)52-36)22(3)39(48)30-20-28-27-18-26(55-44-42(51-10)41(50-9)40(49-8)24(5)53-44)19-31(27)43-38(45-34(12-2)57-43)37(28)29(30)21-35(47)54-25/h20,22-29,31-33,36-37,40-42,44H,11-19,21H2,1-10H3/t22-,23?,24?,25+,26+,27+,28+,29-,31-,32+,33+,36+,37-,40?,41?,42?,44?/m1/s1. The SMILES string of the molecule is CCc1nc2c(s1)[C@@H]1C[C@@H](OC3OC(C)C(OC)C(OC)C3OC)C[C@H]1[C@@H]1C=C3C(=O)[C@H](C)[C@@H](O[C@H]4CC[C@H](N(C)C)C(C)O4)CCC[C@H](CC)OC(=O)C[C@H]3[C@H]21. The smallest absolute Gasteiger partial charge is 0.306 e. The predicted octanol–water partition coefficient (Wildman–Crippen LogP) is 6.59. The number of aromatic nitrogens is 1. The quantitative estimate of drug-likeness (QED) is 0.237. The van der Waals surface area contributed by atoms with E-state index in [4.69, 9.17) is 42.9 Å². The van der Waals surface area contributed by atoms with Crippen LogP contribution in [0.1, 0.15) is 120 Å². The van der Waals surface area contributed by atoms with Gasteiger partial charge in [-0.25, -0.2) is 4.98 Å². The average molecular weight is 817 g/mol. The van der Waals surface area contributed by atoms with Crippen molar-refractivity contribution in [3.63, 3.8) is 0 Å². The van der Waals surface area contributed by atoms with Crippen LogP contribution in [0.25, 0.3) is 0 Å². The second kappa shape index (κ2) is 18.4. The Morgan fingerprint density at radius 2 is 1.63 bits per heavy atom. The zero-order chi connectivity index (χ0) is 40.7. The third kappa shape index (κ3) is 8.58. The van der Waals surface area contributed by atoms with Gasteiger partial charge in [-0.15, -0.1) is 11.3 Å². The van der Waals surface area contributed by atoms with Crippen LogP contribution in [0, 0.1) is 23.7 Å². The molecule has 0 bridgehead atoms. The number of hydrogen-bond acceptors (Lipinski definition) is 13. The van der Waals surface area contributed by atoms with Crippen LogP contribution in [-0.2, 0) is 53.9 Å². The van der Waals surface area contributed by atoms with Crippen LogP contribution in [-0.4, -0.2) is 125 Å². The number of fused-ring (bicyclic) bond motifs is 8. The van der Waals surface area contributed by atoms with Crippen LogP contribution in [0.3, 0.4) is 0 Å². The minimum absolute atomic E-state index is 0.0227. The molecule has 0 spiro atoms. The number of carbonyl (C=O) groups excluding carboxylic acids is 2. The van der Waals surface area contributed by atoms with Crippen molar-refractivity contribution in [1.82, 2.24) is 9.88 Å². The summed E-state index contributed by atoms with van der Waals surface area (Å²) in [6.45, 7) is 10.3. The minimum atomic E-state index is -0.628. The van der Waals surface area contributed by atoms with E-state index in [9.17, 15) is 4.79 Å². The van der Waals surface area contributed by atoms with Gasteiger partial charge in [-0.3, -0.25) is 9.59 Å². The molecular formula is C44H68N2O10S. The second-order valence-corrected chi connectivity index (χ2v) is 18.8. The molecular weight excluding hydrogens is 749 g/mol. The number of esters is 1. The summed E-state index contributed by atoms with van der Waals surface area (Å²) in [5.41, 5.74) is 1.79. The van der Waals surface area contributed by atoms with E-state index in [-0.39, 0.29) is 96.8 Å². The lowest BCUT2D eigenvalue weighted by Crippen LogP contribution is -2.59. The molecule has 4 fully saturated rings. The van der Waals surface area contributed by atoms with Gasteiger partial charge >= 0.3 is 5.97 Å². The molecule has 0 N–H and O–H groups in total. The van der Waals surface area contributed by atoms with Gasteiger partial charge in [0.25, 0.3) is 0 Å². The van der Waals surface area contributed by atoms with E-state index in [1.807, 2.05) is 13.8 Å². The van der Waals surface area contributed by atoms with Crippen molar-refractivity contribution in [3.8, 4) is 0 Å². The van der Waals surface area contributed by atoms with Crippen molar-refractivity contribution in [2.24, 2.45) is 23.7 Å². The van der Waals surface area contributed by atoms with Crippen LogP contribution in [0.15, 0.2) is 11.6 Å². The average Bonchev–Trinajstić information content (AvgIpc) is 3.91. The predicted molar refractivity (Wildman–Crippen MR) is 215 cm³/mol. The molecule has 3 aliphatic heterocycles. The highest BCUT2D eigenvalue weighted by Gasteiger charge is 2.57. The van der Waals surface area contributed by atoms with E-state index >= 15 is 4.79 Å². The first kappa shape index (κ1) is 43.3. The molecule has 0 radical (unpaired) electrons. The molecule has 3 saturated heterocycles. The van der Waals surface area contributed by atoms with Crippen molar-refractivity contribution in [2.75, 3.05) is 35.4 Å². The van der Waals surface area contributed by atoms with Crippen molar-refractivity contribution in [3.05, 3.63) is 27.2 Å². The van der Waals surface area contributed by atoms with Crippen LogP contribution in [0.5, 0.6) is 0 Å². The van der Waals surface area contributed by atoms with E-state index in [1.54, 1.807) is 32.7 Å². The van der Waals surface area contributed by atoms with Gasteiger partial charge in [0, 0.05) is 55.9 Å². The van der Waals surface area contributed by atoms with E-state index < -0.39 is 18.3 Å². The second-order valence-electron chi connectivity index (χ2n) is 17.7. The Bertz CT molecular complexity index is 1590. The highest BCUT2D eigenvalue weighted by molar-refractivity contribution is 7.11. The van der Waals surface area contributed by atoms with Gasteiger partial charge in [0.1, 0.15) is 24.4 Å². The zero-order valence-corrected chi connectivity index (χ0v) is 36.7. The summed E-state index contributed by atoms with van der Waals surface area (Å²) >= 11 is 1.79. The third-order valence-corrected chi connectivity index (χ3v) is 15.6. The van der Waals surface area contributed by atoms with Gasteiger partial charge in [0.15, 0.2) is 18.4 Å². The van der Waals surface area contributed by atoms with Crippen LogP contribution >= 0.6 is 11.3 Å². The monoisotopic (exact) mass is 816 g/mol. The third-order valence-electron chi connectivity index (χ3n) is 14.2. The lowest BCUT2D eigenvalue weighted by Gasteiger charge is -2.44. The van der Waals surface area contributed by atoms with Crippen molar-refractivity contribution in [2.45, 2.75) is 178 Å². The molecule has 320 valence electrons. The Morgan fingerprint density at radius 1 is 0.877 bits per heavy atom. The summed E-state index contributed by atoms with van der Waals surface area (Å²) in [6.07, 6.45) is 6.59. The molecule has 1 aromatic rings. The molecule has 6 unspecified atom stereocenters. The molecule has 3 aliphatic carbocycles. The fourth-order valence-corrected chi connectivity index (χ4v) is 12.5. The molecule has 12 nitrogen and oxygen atoms in total. The lowest BCUT2D eigenvalue weighted by atomic mass is 9.67. The number of likely N-dealkylation sites (N-methyl/N-ethyl adjacent to an activating group) is 1. The number of methoxy groups -OCH3 is 3. The topological polar surface area (TPSA) is 124 Å². The molecule has 1 saturated carbocycles. The highest BCUT2D eigenvalue weighted by atomic mass is 32.1. The van der Waals surface area contributed by atoms with E-state index in [1.165, 1.54) is 4.88 Å². The molecule has 0 aromatic carbocycles. The Kier molecular flexibility index (Phi) is 14.0. The molecule has 13 heteroatoms. The number of allylic oxidation sites excluding steroid dienone is 2. The van der Waals surface area contributed by atoms with Gasteiger partial charge in [0.2, 0.25) is 0 Å². The number of ketones is 1. The maximum atomic E-state index is 15.0. The number of carbonyl (C=O) groups is 2. The first-order valence-electron chi connectivity index (χ1n) is 21.7. The molecule has 0 amide bonds. The number of aryl methyl sites for hydroxylation is 1. The van der Waals surface area contributed by atoms with E-state index in [2.05, 4.69) is 45.8 Å². The minimum Gasteiger partial charge on any atom is -0.462 e. The van der Waals surface area contributed by atoms with Gasteiger partial charge in [-0.2, -0.15) is 0 Å². The van der Waals surface area contributed by atoms with Crippen molar-refractivity contribution >= 4 is 23.1 Å². The highest BCUT2D eigenvalue weighted by Crippen LogP contribution is 2.62. The van der Waals surface area contributed by atoms with Crippen molar-refractivity contribution < 1.29 is 47.5 Å². The first-order valence-corrected chi connectivity index (χ1v) is 22.5. The summed E-state index contributed by atoms with van der Waals surface area (Å²) in [5.74, 6) is -0.553. The molecule has 6 aliphatic rings. The maximum absolute atomic E-state index is 15.0. The Hall–Kier alpha value is -1.81. The Morgan fingerprint density at radius 3 is 2.30 bits per heavy atom. The number of cyclic esters (lactones) is 1. The zero-order valence-electron chi connectivity index (χ0n) is 35.8. The fourth-order valence-electron chi connectivity index (χ4n) is 11.3. The number of hydrogen-bond donors (Lipinski definition) is 0. The summed E-state index contributed by atoms with van der Waals surface area (Å²) in [5, 5.41) is 1.09. The van der Waals surface area contributed by atoms with Gasteiger partial charge in [-0.05, 0) is 103 Å². The molecule has 57 heavy (non-hydrogen) atoms. The summed E-state index contributed by atoms with van der Waals surface area (Å²) in [6, 6.07) is 0.326. The van der Waals surface area contributed by atoms with Crippen LogP contribution in [0.4, 0.5) is 0 Å². The molecule has 17 atom stereocenters. The summed E-state index contributed by atoms with van der Waals surface area (Å²) < 4.78 is 50.3. The van der Waals surface area contributed by atoms with Gasteiger partial charge < -0.3 is 42.8 Å². The summed E-state index contributed by atoms with van der Waals surface area (Å²) in [7, 11) is 9.17. The molecule has 1 aromatic heterocycles.